The minimum atomic E-state index is 0.0559. The zero-order chi connectivity index (χ0) is 11.3. The van der Waals surface area contributed by atoms with Gasteiger partial charge >= 0.3 is 0 Å². The van der Waals surface area contributed by atoms with E-state index in [0.29, 0.717) is 5.69 Å². The van der Waals surface area contributed by atoms with Gasteiger partial charge in [-0.1, -0.05) is 13.8 Å². The lowest BCUT2D eigenvalue weighted by Gasteiger charge is -2.16. The van der Waals surface area contributed by atoms with Gasteiger partial charge in [-0.3, -0.25) is 4.79 Å². The number of hydrogen-bond donors (Lipinski definition) is 0. The van der Waals surface area contributed by atoms with Crippen molar-refractivity contribution >= 4 is 17.1 Å². The number of aromatic nitrogens is 1. The van der Waals surface area contributed by atoms with E-state index in [-0.39, 0.29) is 5.78 Å². The quantitative estimate of drug-likeness (QED) is 0.697. The van der Waals surface area contributed by atoms with Crippen molar-refractivity contribution in [1.29, 1.82) is 0 Å². The Morgan fingerprint density at radius 1 is 1.47 bits per heavy atom. The first-order valence-electron chi connectivity index (χ1n) is 5.35. The Labute approximate surface area is 95.1 Å². The van der Waals surface area contributed by atoms with Gasteiger partial charge in [0.1, 0.15) is 5.69 Å². The van der Waals surface area contributed by atoms with E-state index in [1.807, 2.05) is 5.38 Å². The molecular weight excluding hydrogens is 208 g/mol. The van der Waals surface area contributed by atoms with Crippen molar-refractivity contribution in [2.24, 2.45) is 0 Å². The SMILES string of the molecule is CCN(CC)CCc1nc(C(C)=O)cs1. The minimum absolute atomic E-state index is 0.0559. The number of ketones is 1. The molecule has 1 heterocycles. The highest BCUT2D eigenvalue weighted by molar-refractivity contribution is 7.09. The molecule has 0 aromatic carbocycles. The van der Waals surface area contributed by atoms with Crippen LogP contribution in [0.2, 0.25) is 0 Å². The molecule has 0 bridgehead atoms. The summed E-state index contributed by atoms with van der Waals surface area (Å²) < 4.78 is 0. The van der Waals surface area contributed by atoms with Gasteiger partial charge in [-0.25, -0.2) is 4.98 Å². The predicted molar refractivity (Wildman–Crippen MR) is 63.6 cm³/mol. The highest BCUT2D eigenvalue weighted by atomic mass is 32.1. The standard InChI is InChI=1S/C11H18N2OS/c1-4-13(5-2)7-6-11-12-10(8-15-11)9(3)14/h8H,4-7H2,1-3H3. The summed E-state index contributed by atoms with van der Waals surface area (Å²) in [7, 11) is 0. The molecule has 0 atom stereocenters. The first-order chi connectivity index (χ1) is 7.17. The third-order valence-corrected chi connectivity index (χ3v) is 3.36. The van der Waals surface area contributed by atoms with Crippen LogP contribution in [0.3, 0.4) is 0 Å². The Balaban J connectivity index is 2.47. The monoisotopic (exact) mass is 226 g/mol. The summed E-state index contributed by atoms with van der Waals surface area (Å²) in [5.74, 6) is 0.0559. The molecular formula is C11H18N2OS. The molecule has 3 nitrogen and oxygen atoms in total. The van der Waals surface area contributed by atoms with Gasteiger partial charge in [0.2, 0.25) is 0 Å². The molecule has 0 aliphatic carbocycles. The van der Waals surface area contributed by atoms with Crippen molar-refractivity contribution in [2.75, 3.05) is 19.6 Å². The number of Topliss-reactive ketones (excluding diaryl/α,β-unsaturated/α-hetero) is 1. The maximum atomic E-state index is 11.0. The van der Waals surface area contributed by atoms with Gasteiger partial charge in [-0.05, 0) is 13.1 Å². The fraction of sp³-hybridized carbons (Fsp3) is 0.636. The molecule has 4 heteroatoms. The first-order valence-corrected chi connectivity index (χ1v) is 6.23. The Morgan fingerprint density at radius 3 is 2.60 bits per heavy atom. The second-order valence-corrected chi connectivity index (χ2v) is 4.40. The molecule has 0 aliphatic heterocycles. The van der Waals surface area contributed by atoms with E-state index in [9.17, 15) is 4.79 Å². The van der Waals surface area contributed by atoms with E-state index in [4.69, 9.17) is 0 Å². The topological polar surface area (TPSA) is 33.2 Å². The minimum Gasteiger partial charge on any atom is -0.303 e. The molecule has 0 fully saturated rings. The summed E-state index contributed by atoms with van der Waals surface area (Å²) in [5, 5.41) is 2.91. The first kappa shape index (κ1) is 12.3. The van der Waals surface area contributed by atoms with Crippen molar-refractivity contribution in [1.82, 2.24) is 9.88 Å². The number of rotatable bonds is 6. The van der Waals surface area contributed by atoms with Crippen molar-refractivity contribution in [3.8, 4) is 0 Å². The molecule has 84 valence electrons. The zero-order valence-electron chi connectivity index (χ0n) is 9.62. The summed E-state index contributed by atoms with van der Waals surface area (Å²) in [5.41, 5.74) is 0.606. The van der Waals surface area contributed by atoms with E-state index < -0.39 is 0 Å². The molecule has 0 radical (unpaired) electrons. The molecule has 0 unspecified atom stereocenters. The van der Waals surface area contributed by atoms with E-state index in [1.54, 1.807) is 18.3 Å². The van der Waals surface area contributed by atoms with Crippen LogP contribution >= 0.6 is 11.3 Å². The van der Waals surface area contributed by atoms with Crippen LogP contribution in [0.5, 0.6) is 0 Å². The molecule has 0 spiro atoms. The van der Waals surface area contributed by atoms with Gasteiger partial charge in [0.15, 0.2) is 5.78 Å². The average Bonchev–Trinajstić information content (AvgIpc) is 2.68. The molecule has 15 heavy (non-hydrogen) atoms. The predicted octanol–water partition coefficient (Wildman–Crippen LogP) is 2.23. The number of thiazole rings is 1. The third-order valence-electron chi connectivity index (χ3n) is 2.45. The molecule has 0 aliphatic rings. The number of nitrogens with zero attached hydrogens (tertiary/aromatic N) is 2. The maximum Gasteiger partial charge on any atom is 0.178 e. The van der Waals surface area contributed by atoms with Gasteiger partial charge in [0.05, 0.1) is 5.01 Å². The lowest BCUT2D eigenvalue weighted by atomic mass is 10.3. The second-order valence-electron chi connectivity index (χ2n) is 3.46. The van der Waals surface area contributed by atoms with Crippen LogP contribution < -0.4 is 0 Å². The van der Waals surface area contributed by atoms with Crippen molar-refractivity contribution in [2.45, 2.75) is 27.2 Å². The van der Waals surface area contributed by atoms with Crippen LogP contribution in [-0.4, -0.2) is 35.3 Å². The summed E-state index contributed by atoms with van der Waals surface area (Å²) in [6.45, 7) is 9.04. The largest absolute Gasteiger partial charge is 0.303 e. The highest BCUT2D eigenvalue weighted by Crippen LogP contribution is 2.11. The van der Waals surface area contributed by atoms with E-state index in [2.05, 4.69) is 23.7 Å². The fourth-order valence-electron chi connectivity index (χ4n) is 1.38. The van der Waals surface area contributed by atoms with Crippen molar-refractivity contribution < 1.29 is 4.79 Å². The van der Waals surface area contributed by atoms with Gasteiger partial charge < -0.3 is 4.90 Å². The normalized spacial score (nSPS) is 10.9. The molecule has 0 saturated carbocycles. The Kier molecular flexibility index (Phi) is 4.91. The Hall–Kier alpha value is -0.740. The molecule has 1 aromatic rings. The summed E-state index contributed by atoms with van der Waals surface area (Å²) in [4.78, 5) is 17.7. The number of likely N-dealkylation sites (N-methyl/N-ethyl adjacent to an activating group) is 1. The van der Waals surface area contributed by atoms with Crippen LogP contribution in [0, 0.1) is 0 Å². The van der Waals surface area contributed by atoms with Crippen LogP contribution in [0.4, 0.5) is 0 Å². The van der Waals surface area contributed by atoms with E-state index in [0.717, 1.165) is 31.1 Å². The van der Waals surface area contributed by atoms with E-state index in [1.165, 1.54) is 0 Å². The summed E-state index contributed by atoms with van der Waals surface area (Å²) in [6, 6.07) is 0. The highest BCUT2D eigenvalue weighted by Gasteiger charge is 2.07. The maximum absolute atomic E-state index is 11.0. The van der Waals surface area contributed by atoms with Crippen molar-refractivity contribution in [3.63, 3.8) is 0 Å². The third kappa shape index (κ3) is 3.72. The number of carbonyl (C=O) groups is 1. The Bertz CT molecular complexity index is 318. The van der Waals surface area contributed by atoms with Gasteiger partial charge in [-0.15, -0.1) is 11.3 Å². The molecule has 1 rings (SSSR count). The summed E-state index contributed by atoms with van der Waals surface area (Å²) >= 11 is 1.58. The lowest BCUT2D eigenvalue weighted by molar-refractivity contribution is 0.101. The summed E-state index contributed by atoms with van der Waals surface area (Å²) in [6.07, 6.45) is 0.944. The van der Waals surface area contributed by atoms with Crippen molar-refractivity contribution in [3.05, 3.63) is 16.1 Å². The molecule has 0 N–H and O–H groups in total. The number of carbonyl (C=O) groups excluding carboxylic acids is 1. The van der Waals surface area contributed by atoms with Gasteiger partial charge in [0.25, 0.3) is 0 Å². The second kappa shape index (κ2) is 5.98. The molecule has 0 saturated heterocycles. The fourth-order valence-corrected chi connectivity index (χ4v) is 2.21. The molecule has 1 aromatic heterocycles. The molecule has 0 amide bonds. The number of hydrogen-bond acceptors (Lipinski definition) is 4. The van der Waals surface area contributed by atoms with Crippen LogP contribution in [0.1, 0.15) is 36.3 Å². The van der Waals surface area contributed by atoms with Crippen LogP contribution in [0.15, 0.2) is 5.38 Å². The van der Waals surface area contributed by atoms with E-state index >= 15 is 0 Å². The lowest BCUT2D eigenvalue weighted by Crippen LogP contribution is -2.25. The van der Waals surface area contributed by atoms with Gasteiger partial charge in [0, 0.05) is 25.3 Å². The Morgan fingerprint density at radius 2 is 2.13 bits per heavy atom. The van der Waals surface area contributed by atoms with Crippen LogP contribution in [-0.2, 0) is 6.42 Å². The van der Waals surface area contributed by atoms with Crippen LogP contribution in [0.25, 0.3) is 0 Å². The average molecular weight is 226 g/mol. The zero-order valence-corrected chi connectivity index (χ0v) is 10.4. The van der Waals surface area contributed by atoms with Gasteiger partial charge in [-0.2, -0.15) is 0 Å². The smallest absolute Gasteiger partial charge is 0.178 e.